The number of furan rings is 1. The molecule has 1 aromatic heterocycles. The van der Waals surface area contributed by atoms with Gasteiger partial charge in [-0.15, -0.1) is 0 Å². The lowest BCUT2D eigenvalue weighted by Crippen LogP contribution is -2.42. The normalized spacial score (nSPS) is 19.8. The maximum absolute atomic E-state index is 13.6. The predicted octanol–water partition coefficient (Wildman–Crippen LogP) is 5.71. The van der Waals surface area contributed by atoms with Gasteiger partial charge >= 0.3 is 5.97 Å². The van der Waals surface area contributed by atoms with Gasteiger partial charge < -0.3 is 19.2 Å². The number of carboxylic acid groups (broad SMARTS) is 1. The van der Waals surface area contributed by atoms with Gasteiger partial charge in [-0.25, -0.2) is 0 Å². The molecule has 1 aliphatic heterocycles. The fourth-order valence-electron chi connectivity index (χ4n) is 5.48. The van der Waals surface area contributed by atoms with Gasteiger partial charge in [0.05, 0.1) is 25.8 Å². The number of carbonyl (C=O) groups excluding carboxylic acids is 1. The van der Waals surface area contributed by atoms with Crippen molar-refractivity contribution in [3.8, 4) is 5.75 Å². The van der Waals surface area contributed by atoms with Gasteiger partial charge in [0.25, 0.3) is 0 Å². The van der Waals surface area contributed by atoms with Crippen LogP contribution in [0.1, 0.15) is 62.6 Å². The van der Waals surface area contributed by atoms with E-state index in [1.54, 1.807) is 13.4 Å². The number of carbonyl (C=O) groups is 2. The van der Waals surface area contributed by atoms with Gasteiger partial charge in [-0.05, 0) is 54.3 Å². The number of nitrogens with zero attached hydrogens (tertiary/aromatic N) is 2. The molecular weight excluding hydrogens is 468 g/mol. The van der Waals surface area contributed by atoms with Crippen molar-refractivity contribution < 1.29 is 23.8 Å². The average Bonchev–Trinajstić information content (AvgIpc) is 3.53. The van der Waals surface area contributed by atoms with Crippen molar-refractivity contribution in [1.82, 2.24) is 9.80 Å². The molecule has 198 valence electrons. The van der Waals surface area contributed by atoms with Crippen LogP contribution in [-0.4, -0.2) is 60.1 Å². The third-order valence-corrected chi connectivity index (χ3v) is 7.50. The second kappa shape index (κ2) is 12.3. The zero-order valence-corrected chi connectivity index (χ0v) is 22.1. The molecule has 1 fully saturated rings. The quantitative estimate of drug-likeness (QED) is 0.339. The van der Waals surface area contributed by atoms with Crippen molar-refractivity contribution in [3.05, 3.63) is 65.9 Å². The van der Waals surface area contributed by atoms with E-state index in [9.17, 15) is 14.7 Å². The van der Waals surface area contributed by atoms with E-state index in [0.717, 1.165) is 60.9 Å². The molecule has 7 heteroatoms. The monoisotopic (exact) mass is 506 g/mol. The highest BCUT2D eigenvalue weighted by molar-refractivity contribution is 5.80. The molecule has 0 unspecified atom stereocenters. The topological polar surface area (TPSA) is 83.2 Å². The Bertz CT molecular complexity index is 1180. The molecule has 3 atom stereocenters. The summed E-state index contributed by atoms with van der Waals surface area (Å²) in [5.41, 5.74) is 2.60. The number of ether oxygens (including phenoxy) is 1. The van der Waals surface area contributed by atoms with Crippen LogP contribution in [0.25, 0.3) is 11.0 Å². The van der Waals surface area contributed by atoms with Gasteiger partial charge in [-0.2, -0.15) is 0 Å². The first-order chi connectivity index (χ1) is 18.0. The van der Waals surface area contributed by atoms with Crippen LogP contribution in [0.5, 0.6) is 5.75 Å². The fourth-order valence-corrected chi connectivity index (χ4v) is 5.48. The van der Waals surface area contributed by atoms with E-state index in [2.05, 4.69) is 18.7 Å². The molecule has 2 heterocycles. The molecule has 37 heavy (non-hydrogen) atoms. The van der Waals surface area contributed by atoms with Crippen LogP contribution in [-0.2, 0) is 9.59 Å². The Morgan fingerprint density at radius 2 is 1.70 bits per heavy atom. The summed E-state index contributed by atoms with van der Waals surface area (Å²) in [5, 5.41) is 11.4. The molecule has 0 saturated carbocycles. The molecule has 3 aromatic rings. The number of rotatable bonds is 12. The van der Waals surface area contributed by atoms with Crippen molar-refractivity contribution >= 4 is 22.8 Å². The Morgan fingerprint density at radius 3 is 2.32 bits per heavy atom. The highest BCUT2D eigenvalue weighted by Gasteiger charge is 2.48. The molecule has 1 aliphatic rings. The first kappa shape index (κ1) is 26.7. The Morgan fingerprint density at radius 1 is 1.03 bits per heavy atom. The molecule has 0 aliphatic carbocycles. The van der Waals surface area contributed by atoms with Crippen LogP contribution in [0.2, 0.25) is 0 Å². The fraction of sp³-hybridized carbons (Fsp3) is 0.467. The molecule has 1 saturated heterocycles. The summed E-state index contributed by atoms with van der Waals surface area (Å²) in [6.07, 6.45) is 5.61. The molecular formula is C30H38N2O5. The van der Waals surface area contributed by atoms with Gasteiger partial charge in [-0.3, -0.25) is 14.5 Å². The van der Waals surface area contributed by atoms with Gasteiger partial charge in [0.15, 0.2) is 0 Å². The van der Waals surface area contributed by atoms with Crippen LogP contribution in [0, 0.1) is 5.92 Å². The number of hydrogen-bond donors (Lipinski definition) is 1. The van der Waals surface area contributed by atoms with Crippen molar-refractivity contribution in [3.63, 3.8) is 0 Å². The van der Waals surface area contributed by atoms with Crippen molar-refractivity contribution in [2.24, 2.45) is 5.92 Å². The van der Waals surface area contributed by atoms with Crippen molar-refractivity contribution in [2.45, 2.75) is 51.5 Å². The van der Waals surface area contributed by atoms with Gasteiger partial charge in [-0.1, -0.05) is 44.9 Å². The SMILES string of the molecule is CCCCN(CCCC)C(=O)CN1C[C@@H](c2ccc3occc3c2)[C@H](C(=O)O)[C@H]1c1ccc(OC)cc1. The highest BCUT2D eigenvalue weighted by Crippen LogP contribution is 2.46. The second-order valence-electron chi connectivity index (χ2n) is 9.92. The number of carboxylic acids is 1. The van der Waals surface area contributed by atoms with E-state index in [0.29, 0.717) is 12.3 Å². The molecule has 4 rings (SSSR count). The number of methoxy groups -OCH3 is 1. The second-order valence-corrected chi connectivity index (χ2v) is 9.92. The number of benzene rings is 2. The minimum absolute atomic E-state index is 0.0653. The standard InChI is InChI=1S/C30H38N2O5/c1-4-6-15-31(16-7-5-2)27(33)20-32-19-25(22-10-13-26-23(18-22)14-17-37-26)28(30(34)35)29(32)21-8-11-24(36-3)12-9-21/h8-14,17-18,25,28-29H,4-7,15-16,19-20H2,1-3H3,(H,34,35)/t25-,28-,29+/m0/s1. The predicted molar refractivity (Wildman–Crippen MR) is 144 cm³/mol. The Balaban J connectivity index is 1.69. The van der Waals surface area contributed by atoms with Crippen LogP contribution < -0.4 is 4.74 Å². The van der Waals surface area contributed by atoms with Crippen molar-refractivity contribution in [1.29, 1.82) is 0 Å². The first-order valence-electron chi connectivity index (χ1n) is 13.3. The summed E-state index contributed by atoms with van der Waals surface area (Å²) >= 11 is 0. The third kappa shape index (κ3) is 5.99. The van der Waals surface area contributed by atoms with Crippen LogP contribution in [0.4, 0.5) is 0 Å². The summed E-state index contributed by atoms with van der Waals surface area (Å²) in [7, 11) is 1.61. The largest absolute Gasteiger partial charge is 0.497 e. The molecule has 7 nitrogen and oxygen atoms in total. The molecule has 2 aromatic carbocycles. The lowest BCUT2D eigenvalue weighted by Gasteiger charge is -2.30. The Kier molecular flexibility index (Phi) is 8.87. The smallest absolute Gasteiger partial charge is 0.309 e. The lowest BCUT2D eigenvalue weighted by atomic mass is 9.82. The van der Waals surface area contributed by atoms with E-state index in [1.165, 1.54) is 0 Å². The Labute approximate surface area is 219 Å². The number of fused-ring (bicyclic) bond motifs is 1. The molecule has 0 radical (unpaired) electrons. The van der Waals surface area contributed by atoms with Crippen LogP contribution in [0.15, 0.2) is 59.2 Å². The van der Waals surface area contributed by atoms with Gasteiger partial charge in [0, 0.05) is 37.0 Å². The first-order valence-corrected chi connectivity index (χ1v) is 13.3. The number of hydrogen-bond acceptors (Lipinski definition) is 5. The van der Waals surface area contributed by atoms with Crippen LogP contribution in [0.3, 0.4) is 0 Å². The molecule has 1 N–H and O–H groups in total. The molecule has 1 amide bonds. The number of amides is 1. The van der Waals surface area contributed by atoms with E-state index in [4.69, 9.17) is 9.15 Å². The van der Waals surface area contributed by atoms with Crippen LogP contribution >= 0.6 is 0 Å². The average molecular weight is 507 g/mol. The van der Waals surface area contributed by atoms with Gasteiger partial charge in [0.1, 0.15) is 11.3 Å². The minimum Gasteiger partial charge on any atom is -0.497 e. The molecule has 0 bridgehead atoms. The van der Waals surface area contributed by atoms with E-state index < -0.39 is 17.9 Å². The van der Waals surface area contributed by atoms with E-state index >= 15 is 0 Å². The third-order valence-electron chi connectivity index (χ3n) is 7.50. The zero-order chi connectivity index (χ0) is 26.4. The minimum atomic E-state index is -0.859. The highest BCUT2D eigenvalue weighted by atomic mass is 16.5. The lowest BCUT2D eigenvalue weighted by molar-refractivity contribution is -0.144. The maximum Gasteiger partial charge on any atom is 0.309 e. The number of unbranched alkanes of at least 4 members (excludes halogenated alkanes) is 2. The summed E-state index contributed by atoms with van der Waals surface area (Å²) < 4.78 is 10.8. The number of likely N-dealkylation sites (tertiary alicyclic amines) is 1. The summed E-state index contributed by atoms with van der Waals surface area (Å²) in [4.78, 5) is 30.4. The van der Waals surface area contributed by atoms with Crippen molar-refractivity contribution in [2.75, 3.05) is 33.3 Å². The summed E-state index contributed by atoms with van der Waals surface area (Å²) in [5.74, 6) is -1.05. The van der Waals surface area contributed by atoms with Gasteiger partial charge in [0.2, 0.25) is 5.91 Å². The summed E-state index contributed by atoms with van der Waals surface area (Å²) in [6.45, 7) is 6.40. The zero-order valence-electron chi connectivity index (χ0n) is 22.1. The van der Waals surface area contributed by atoms with E-state index in [-0.39, 0.29) is 18.4 Å². The van der Waals surface area contributed by atoms with E-state index in [1.807, 2.05) is 53.4 Å². The molecule has 0 spiro atoms. The maximum atomic E-state index is 13.6. The Hall–Kier alpha value is -3.32. The summed E-state index contributed by atoms with van der Waals surface area (Å²) in [6, 6.07) is 14.9. The number of aliphatic carboxylic acids is 1.